The van der Waals surface area contributed by atoms with Crippen LogP contribution < -0.4 is 15.8 Å². The fourth-order valence-electron chi connectivity index (χ4n) is 1.72. The normalized spacial score (nSPS) is 10.1. The molecule has 2 rings (SSSR count). The minimum Gasteiger partial charge on any atom is -0.481 e. The van der Waals surface area contributed by atoms with Crippen molar-refractivity contribution in [1.29, 1.82) is 0 Å². The predicted octanol–water partition coefficient (Wildman–Crippen LogP) is 1.53. The predicted molar refractivity (Wildman–Crippen MR) is 77.2 cm³/mol. The van der Waals surface area contributed by atoms with Gasteiger partial charge in [0.2, 0.25) is 11.8 Å². The Morgan fingerprint density at radius 2 is 1.90 bits per heavy atom. The van der Waals surface area contributed by atoms with Gasteiger partial charge in [-0.2, -0.15) is 0 Å². The summed E-state index contributed by atoms with van der Waals surface area (Å²) in [4.78, 5) is 15.9. The third-order valence-corrected chi connectivity index (χ3v) is 2.84. The number of methoxy groups -OCH3 is 1. The van der Waals surface area contributed by atoms with Gasteiger partial charge in [0.15, 0.2) is 0 Å². The summed E-state index contributed by atoms with van der Waals surface area (Å²) in [6.45, 7) is 0.449. The summed E-state index contributed by atoms with van der Waals surface area (Å²) < 4.78 is 4.97. The lowest BCUT2D eigenvalue weighted by Crippen LogP contribution is -2.24. The van der Waals surface area contributed by atoms with E-state index in [1.165, 1.54) is 0 Å². The number of hydrogen-bond donors (Lipinski definition) is 2. The third kappa shape index (κ3) is 3.98. The number of amides is 1. The number of nitrogens with zero attached hydrogens (tertiary/aromatic N) is 1. The molecule has 1 heterocycles. The van der Waals surface area contributed by atoms with Crippen LogP contribution in [0.25, 0.3) is 0 Å². The van der Waals surface area contributed by atoms with Crippen LogP contribution in [0, 0.1) is 0 Å². The number of nitrogens with two attached hydrogens (primary N) is 1. The summed E-state index contributed by atoms with van der Waals surface area (Å²) in [5, 5.41) is 2.85. The molecule has 1 amide bonds. The molecule has 5 nitrogen and oxygen atoms in total. The summed E-state index contributed by atoms with van der Waals surface area (Å²) in [7, 11) is 1.57. The molecule has 0 aliphatic carbocycles. The highest BCUT2D eigenvalue weighted by molar-refractivity contribution is 5.78. The first-order chi connectivity index (χ1) is 9.67. The van der Waals surface area contributed by atoms with Gasteiger partial charge < -0.3 is 15.8 Å². The molecule has 0 saturated heterocycles. The van der Waals surface area contributed by atoms with Crippen LogP contribution in [0.1, 0.15) is 11.1 Å². The lowest BCUT2D eigenvalue weighted by atomic mass is 10.1. The van der Waals surface area contributed by atoms with Gasteiger partial charge in [-0.15, -0.1) is 0 Å². The highest BCUT2D eigenvalue weighted by Crippen LogP contribution is 2.07. The molecule has 1 aromatic heterocycles. The van der Waals surface area contributed by atoms with E-state index in [0.29, 0.717) is 24.5 Å². The van der Waals surface area contributed by atoms with Crippen molar-refractivity contribution in [2.45, 2.75) is 13.0 Å². The van der Waals surface area contributed by atoms with Crippen molar-refractivity contribution in [1.82, 2.24) is 10.3 Å². The fraction of sp³-hybridized carbons (Fsp3) is 0.200. The van der Waals surface area contributed by atoms with Crippen LogP contribution >= 0.6 is 0 Å². The topological polar surface area (TPSA) is 77.2 Å². The van der Waals surface area contributed by atoms with Crippen LogP contribution in [0.4, 0.5) is 5.69 Å². The zero-order chi connectivity index (χ0) is 14.4. The Hall–Kier alpha value is -2.56. The Kier molecular flexibility index (Phi) is 4.55. The molecule has 104 valence electrons. The van der Waals surface area contributed by atoms with Gasteiger partial charge in [0.1, 0.15) is 0 Å². The first kappa shape index (κ1) is 13.9. The maximum Gasteiger partial charge on any atom is 0.224 e. The first-order valence-corrected chi connectivity index (χ1v) is 6.27. The number of anilines is 1. The number of rotatable bonds is 5. The van der Waals surface area contributed by atoms with Gasteiger partial charge in [0, 0.05) is 24.5 Å². The lowest BCUT2D eigenvalue weighted by molar-refractivity contribution is -0.120. The largest absolute Gasteiger partial charge is 0.481 e. The molecule has 0 aliphatic rings. The van der Waals surface area contributed by atoms with Gasteiger partial charge in [-0.3, -0.25) is 4.79 Å². The van der Waals surface area contributed by atoms with E-state index in [1.54, 1.807) is 31.5 Å². The van der Waals surface area contributed by atoms with Crippen LogP contribution in [0.3, 0.4) is 0 Å². The molecular formula is C15H17N3O2. The maximum atomic E-state index is 11.8. The highest BCUT2D eigenvalue weighted by atomic mass is 16.5. The molecule has 0 fully saturated rings. The number of aromatic nitrogens is 1. The average Bonchev–Trinajstić information content (AvgIpc) is 2.48. The third-order valence-electron chi connectivity index (χ3n) is 2.84. The molecule has 5 heteroatoms. The molecule has 0 radical (unpaired) electrons. The van der Waals surface area contributed by atoms with Gasteiger partial charge in [-0.25, -0.2) is 4.98 Å². The Bertz CT molecular complexity index is 565. The Balaban J connectivity index is 1.83. The summed E-state index contributed by atoms with van der Waals surface area (Å²) in [5.74, 6) is 0.521. The molecule has 0 unspecified atom stereocenters. The van der Waals surface area contributed by atoms with Crippen LogP contribution in [-0.4, -0.2) is 18.0 Å². The Morgan fingerprint density at radius 3 is 2.50 bits per heavy atom. The zero-order valence-electron chi connectivity index (χ0n) is 11.3. The minimum absolute atomic E-state index is 0.0365. The standard InChI is InChI=1S/C15H17N3O2/c1-20-15-7-4-12(10-18-15)9-17-14(19)8-11-2-5-13(16)6-3-11/h2-7,10H,8-9,16H2,1H3,(H,17,19). The van der Waals surface area contributed by atoms with Gasteiger partial charge in [0.25, 0.3) is 0 Å². The average molecular weight is 271 g/mol. The van der Waals surface area contributed by atoms with Gasteiger partial charge >= 0.3 is 0 Å². The summed E-state index contributed by atoms with van der Waals surface area (Å²) in [5.41, 5.74) is 8.15. The maximum absolute atomic E-state index is 11.8. The molecule has 0 saturated carbocycles. The Labute approximate surface area is 117 Å². The van der Waals surface area contributed by atoms with Crippen molar-refractivity contribution < 1.29 is 9.53 Å². The van der Waals surface area contributed by atoms with Crippen LogP contribution in [0.15, 0.2) is 42.6 Å². The fourth-order valence-corrected chi connectivity index (χ4v) is 1.72. The van der Waals surface area contributed by atoms with E-state index in [0.717, 1.165) is 11.1 Å². The van der Waals surface area contributed by atoms with Gasteiger partial charge in [-0.05, 0) is 23.3 Å². The summed E-state index contributed by atoms with van der Waals surface area (Å²) in [6, 6.07) is 10.9. The van der Waals surface area contributed by atoms with E-state index in [9.17, 15) is 4.79 Å². The minimum atomic E-state index is -0.0365. The van der Waals surface area contributed by atoms with Crippen LogP contribution in [0.2, 0.25) is 0 Å². The molecule has 3 N–H and O–H groups in total. The second-order valence-electron chi connectivity index (χ2n) is 4.40. The molecular weight excluding hydrogens is 254 g/mol. The van der Waals surface area contributed by atoms with Crippen LogP contribution in [-0.2, 0) is 17.8 Å². The van der Waals surface area contributed by atoms with Crippen molar-refractivity contribution in [3.8, 4) is 5.88 Å². The van der Waals surface area contributed by atoms with Crippen molar-refractivity contribution in [2.75, 3.05) is 12.8 Å². The molecule has 20 heavy (non-hydrogen) atoms. The number of benzene rings is 1. The van der Waals surface area contributed by atoms with Crippen molar-refractivity contribution in [3.05, 3.63) is 53.7 Å². The highest BCUT2D eigenvalue weighted by Gasteiger charge is 2.03. The number of pyridine rings is 1. The van der Waals surface area contributed by atoms with E-state index in [2.05, 4.69) is 10.3 Å². The van der Waals surface area contributed by atoms with E-state index < -0.39 is 0 Å². The number of hydrogen-bond acceptors (Lipinski definition) is 4. The quantitative estimate of drug-likeness (QED) is 0.808. The monoisotopic (exact) mass is 271 g/mol. The molecule has 0 spiro atoms. The lowest BCUT2D eigenvalue weighted by Gasteiger charge is -2.06. The number of carbonyl (C=O) groups is 1. The first-order valence-electron chi connectivity index (χ1n) is 6.27. The molecule has 2 aromatic rings. The molecule has 0 atom stereocenters. The van der Waals surface area contributed by atoms with E-state index in [4.69, 9.17) is 10.5 Å². The van der Waals surface area contributed by atoms with E-state index >= 15 is 0 Å². The number of carbonyl (C=O) groups excluding carboxylic acids is 1. The second kappa shape index (κ2) is 6.56. The molecule has 0 aliphatic heterocycles. The summed E-state index contributed by atoms with van der Waals surface area (Å²) >= 11 is 0. The van der Waals surface area contributed by atoms with Crippen molar-refractivity contribution >= 4 is 11.6 Å². The SMILES string of the molecule is COc1ccc(CNC(=O)Cc2ccc(N)cc2)cn1. The van der Waals surface area contributed by atoms with Crippen LogP contribution in [0.5, 0.6) is 5.88 Å². The Morgan fingerprint density at radius 1 is 1.20 bits per heavy atom. The van der Waals surface area contributed by atoms with Crippen molar-refractivity contribution in [3.63, 3.8) is 0 Å². The molecule has 1 aromatic carbocycles. The number of nitrogen functional groups attached to an aromatic ring is 1. The van der Waals surface area contributed by atoms with Gasteiger partial charge in [-0.1, -0.05) is 18.2 Å². The molecule has 0 bridgehead atoms. The summed E-state index contributed by atoms with van der Waals surface area (Å²) in [6.07, 6.45) is 2.02. The second-order valence-corrected chi connectivity index (χ2v) is 4.40. The number of nitrogens with one attached hydrogen (secondary N) is 1. The zero-order valence-corrected chi connectivity index (χ0v) is 11.3. The van der Waals surface area contributed by atoms with Gasteiger partial charge in [0.05, 0.1) is 13.5 Å². The van der Waals surface area contributed by atoms with E-state index in [1.807, 2.05) is 18.2 Å². The smallest absolute Gasteiger partial charge is 0.224 e. The van der Waals surface area contributed by atoms with E-state index in [-0.39, 0.29) is 5.91 Å². The van der Waals surface area contributed by atoms with Crippen molar-refractivity contribution in [2.24, 2.45) is 0 Å². The number of ether oxygens (including phenoxy) is 1.